The van der Waals surface area contributed by atoms with Gasteiger partial charge in [0.25, 0.3) is 0 Å². The first-order valence-electron chi connectivity index (χ1n) is 10.6. The number of aliphatic hydroxyl groups is 1. The number of nitrogens with zero attached hydrogens (tertiary/aromatic N) is 1. The van der Waals surface area contributed by atoms with Gasteiger partial charge in [-0.05, 0) is 72.6 Å². The number of piperidine rings is 1. The van der Waals surface area contributed by atoms with Gasteiger partial charge in [0.2, 0.25) is 0 Å². The van der Waals surface area contributed by atoms with Gasteiger partial charge in [-0.15, -0.1) is 0 Å². The molecule has 3 atom stereocenters. The van der Waals surface area contributed by atoms with Gasteiger partial charge in [-0.3, -0.25) is 4.90 Å². The standard InChI is InChI=1S/C23H35NO3/c1-23(2,3)12-17-13-24-8-7-16-9-22(27-14-15-5-6-15)21(26-4)10-18(16)19(24)11-20(17)25/h9-10,15,17,19-20,25H,5-8,11-14H2,1-4H3/t17-,19-,20-/m1/s1. The molecule has 1 aromatic rings. The zero-order valence-electron chi connectivity index (χ0n) is 17.3. The lowest BCUT2D eigenvalue weighted by Gasteiger charge is -2.47. The van der Waals surface area contributed by atoms with Crippen LogP contribution in [0.1, 0.15) is 63.6 Å². The fourth-order valence-electron chi connectivity index (χ4n) is 4.85. The van der Waals surface area contributed by atoms with Crippen LogP contribution in [-0.4, -0.2) is 42.9 Å². The fourth-order valence-corrected chi connectivity index (χ4v) is 4.85. The van der Waals surface area contributed by atoms with Crippen LogP contribution in [0.25, 0.3) is 0 Å². The Morgan fingerprint density at radius 1 is 1.19 bits per heavy atom. The first-order valence-corrected chi connectivity index (χ1v) is 10.6. The van der Waals surface area contributed by atoms with Crippen molar-refractivity contribution in [3.05, 3.63) is 23.3 Å². The normalized spacial score (nSPS) is 28.4. The lowest BCUT2D eigenvalue weighted by molar-refractivity contribution is -0.0259. The van der Waals surface area contributed by atoms with E-state index in [4.69, 9.17) is 9.47 Å². The molecule has 2 heterocycles. The molecule has 4 nitrogen and oxygen atoms in total. The van der Waals surface area contributed by atoms with Gasteiger partial charge in [0, 0.05) is 19.1 Å². The van der Waals surface area contributed by atoms with Gasteiger partial charge in [-0.1, -0.05) is 20.8 Å². The Labute approximate surface area is 163 Å². The van der Waals surface area contributed by atoms with Crippen molar-refractivity contribution in [1.82, 2.24) is 4.90 Å². The highest BCUT2D eigenvalue weighted by molar-refractivity contribution is 5.49. The van der Waals surface area contributed by atoms with E-state index in [0.717, 1.165) is 56.4 Å². The maximum Gasteiger partial charge on any atom is 0.161 e. The van der Waals surface area contributed by atoms with Crippen LogP contribution >= 0.6 is 0 Å². The number of methoxy groups -OCH3 is 1. The predicted molar refractivity (Wildman–Crippen MR) is 107 cm³/mol. The Kier molecular flexibility index (Phi) is 5.15. The summed E-state index contributed by atoms with van der Waals surface area (Å²) in [7, 11) is 1.72. The van der Waals surface area contributed by atoms with Crippen molar-refractivity contribution in [1.29, 1.82) is 0 Å². The third kappa shape index (κ3) is 4.27. The SMILES string of the molecule is COc1cc2c(cc1OCC1CC1)CCN1C[C@@H](CC(C)(C)C)[C@H](O)C[C@H]21. The van der Waals surface area contributed by atoms with Gasteiger partial charge in [-0.25, -0.2) is 0 Å². The molecule has 2 aliphatic heterocycles. The van der Waals surface area contributed by atoms with Crippen molar-refractivity contribution in [3.63, 3.8) is 0 Å². The molecule has 4 heteroatoms. The molecule has 3 aliphatic rings. The molecule has 0 bridgehead atoms. The summed E-state index contributed by atoms with van der Waals surface area (Å²) in [4.78, 5) is 2.58. The van der Waals surface area contributed by atoms with Crippen LogP contribution in [0.15, 0.2) is 12.1 Å². The highest BCUT2D eigenvalue weighted by Gasteiger charge is 2.39. The monoisotopic (exact) mass is 373 g/mol. The fraction of sp³-hybridized carbons (Fsp3) is 0.739. The second kappa shape index (κ2) is 7.29. The molecule has 0 unspecified atom stereocenters. The molecular weight excluding hydrogens is 338 g/mol. The minimum atomic E-state index is -0.229. The number of hydrogen-bond acceptors (Lipinski definition) is 4. The summed E-state index contributed by atoms with van der Waals surface area (Å²) in [5.41, 5.74) is 2.94. The van der Waals surface area contributed by atoms with Crippen molar-refractivity contribution in [2.24, 2.45) is 17.3 Å². The first kappa shape index (κ1) is 19.1. The van der Waals surface area contributed by atoms with Gasteiger partial charge in [0.05, 0.1) is 19.8 Å². The van der Waals surface area contributed by atoms with Crippen molar-refractivity contribution < 1.29 is 14.6 Å². The van der Waals surface area contributed by atoms with Crippen LogP contribution in [0.4, 0.5) is 0 Å². The highest BCUT2D eigenvalue weighted by Crippen LogP contribution is 2.44. The van der Waals surface area contributed by atoms with Crippen LogP contribution in [0, 0.1) is 17.3 Å². The van der Waals surface area contributed by atoms with Crippen LogP contribution < -0.4 is 9.47 Å². The van der Waals surface area contributed by atoms with Crippen molar-refractivity contribution in [2.45, 2.75) is 65.0 Å². The summed E-state index contributed by atoms with van der Waals surface area (Å²) in [5.74, 6) is 2.82. The van der Waals surface area contributed by atoms with Crippen LogP contribution in [-0.2, 0) is 6.42 Å². The Morgan fingerprint density at radius 2 is 1.96 bits per heavy atom. The Hall–Kier alpha value is -1.26. The van der Waals surface area contributed by atoms with E-state index in [-0.39, 0.29) is 11.5 Å². The average Bonchev–Trinajstić information content (AvgIpc) is 3.43. The molecule has 1 aliphatic carbocycles. The first-order chi connectivity index (χ1) is 12.8. The van der Waals surface area contributed by atoms with Gasteiger partial charge in [0.1, 0.15) is 0 Å². The molecular formula is C23H35NO3. The summed E-state index contributed by atoms with van der Waals surface area (Å²) in [6.07, 6.45) is 5.29. The molecule has 2 fully saturated rings. The average molecular weight is 374 g/mol. The minimum absolute atomic E-state index is 0.229. The van der Waals surface area contributed by atoms with Gasteiger partial charge >= 0.3 is 0 Å². The molecule has 1 N–H and O–H groups in total. The third-order valence-corrected chi connectivity index (χ3v) is 6.42. The molecule has 1 saturated carbocycles. The van der Waals surface area contributed by atoms with E-state index < -0.39 is 0 Å². The number of benzene rings is 1. The third-order valence-electron chi connectivity index (χ3n) is 6.42. The molecule has 0 aromatic heterocycles. The molecule has 1 saturated heterocycles. The summed E-state index contributed by atoms with van der Waals surface area (Å²) in [5, 5.41) is 10.8. The zero-order valence-corrected chi connectivity index (χ0v) is 17.3. The van der Waals surface area contributed by atoms with E-state index in [1.807, 2.05) is 0 Å². The summed E-state index contributed by atoms with van der Waals surface area (Å²) in [6, 6.07) is 4.67. The quantitative estimate of drug-likeness (QED) is 0.840. The van der Waals surface area contributed by atoms with Gasteiger partial charge in [-0.2, -0.15) is 0 Å². The van der Waals surface area contributed by atoms with E-state index in [1.54, 1.807) is 7.11 Å². The number of ether oxygens (including phenoxy) is 2. The molecule has 0 spiro atoms. The van der Waals surface area contributed by atoms with E-state index in [9.17, 15) is 5.11 Å². The van der Waals surface area contributed by atoms with E-state index >= 15 is 0 Å². The van der Waals surface area contributed by atoms with E-state index in [2.05, 4.69) is 37.8 Å². The van der Waals surface area contributed by atoms with Crippen molar-refractivity contribution in [3.8, 4) is 11.5 Å². The summed E-state index contributed by atoms with van der Waals surface area (Å²) >= 11 is 0. The number of hydrogen-bond donors (Lipinski definition) is 1. The largest absolute Gasteiger partial charge is 0.493 e. The smallest absolute Gasteiger partial charge is 0.161 e. The Balaban J connectivity index is 1.54. The van der Waals surface area contributed by atoms with Crippen LogP contribution in [0.2, 0.25) is 0 Å². The van der Waals surface area contributed by atoms with Gasteiger partial charge < -0.3 is 14.6 Å². The van der Waals surface area contributed by atoms with E-state index in [1.165, 1.54) is 24.0 Å². The van der Waals surface area contributed by atoms with Crippen molar-refractivity contribution >= 4 is 0 Å². The topological polar surface area (TPSA) is 41.9 Å². The van der Waals surface area contributed by atoms with E-state index in [0.29, 0.717) is 12.0 Å². The molecule has 1 aromatic carbocycles. The predicted octanol–water partition coefficient (Wildman–Crippen LogP) is 4.20. The lowest BCUT2D eigenvalue weighted by Crippen LogP contribution is -2.48. The Morgan fingerprint density at radius 3 is 2.63 bits per heavy atom. The highest BCUT2D eigenvalue weighted by atomic mass is 16.5. The van der Waals surface area contributed by atoms with Crippen LogP contribution in [0.5, 0.6) is 11.5 Å². The second-order valence-electron chi connectivity index (χ2n) is 10.0. The Bertz CT molecular complexity index is 677. The minimum Gasteiger partial charge on any atom is -0.493 e. The summed E-state index contributed by atoms with van der Waals surface area (Å²) < 4.78 is 11.7. The van der Waals surface area contributed by atoms with Crippen LogP contribution in [0.3, 0.4) is 0 Å². The molecule has 0 amide bonds. The van der Waals surface area contributed by atoms with Crippen molar-refractivity contribution in [2.75, 3.05) is 26.8 Å². The maximum absolute atomic E-state index is 10.8. The maximum atomic E-state index is 10.8. The number of fused-ring (bicyclic) bond motifs is 3. The molecule has 4 rings (SSSR count). The number of aliphatic hydroxyl groups excluding tert-OH is 1. The summed E-state index contributed by atoms with van der Waals surface area (Å²) in [6.45, 7) is 9.67. The molecule has 0 radical (unpaired) electrons. The lowest BCUT2D eigenvalue weighted by atomic mass is 9.75. The molecule has 150 valence electrons. The number of rotatable bonds is 5. The zero-order chi connectivity index (χ0) is 19.2. The van der Waals surface area contributed by atoms with Gasteiger partial charge in [0.15, 0.2) is 11.5 Å². The molecule has 27 heavy (non-hydrogen) atoms. The second-order valence-corrected chi connectivity index (χ2v) is 10.0.